The van der Waals surface area contributed by atoms with E-state index in [2.05, 4.69) is 0 Å². The SMILES string of the molecule is CN(C)S(=O)(=O)C[C@@H]1CN(C(=O)c2ccc(Oc3ccccc3)o2)C[C@H]1O. The fraction of sp³-hybridized carbons (Fsp3) is 0.389. The smallest absolute Gasteiger partial charge is 0.290 e. The Balaban J connectivity index is 1.65. The lowest BCUT2D eigenvalue weighted by Gasteiger charge is -2.17. The number of nitrogens with zero attached hydrogens (tertiary/aromatic N) is 2. The first-order valence-electron chi connectivity index (χ1n) is 8.46. The molecule has 1 N–H and O–H groups in total. The summed E-state index contributed by atoms with van der Waals surface area (Å²) in [7, 11) is -0.585. The molecule has 0 radical (unpaired) electrons. The van der Waals surface area contributed by atoms with Crippen LogP contribution in [-0.4, -0.2) is 67.7 Å². The summed E-state index contributed by atoms with van der Waals surface area (Å²) < 4.78 is 36.2. The summed E-state index contributed by atoms with van der Waals surface area (Å²) in [5.41, 5.74) is 0. The van der Waals surface area contributed by atoms with Crippen LogP contribution in [0.1, 0.15) is 10.6 Å². The van der Waals surface area contributed by atoms with Gasteiger partial charge in [0.1, 0.15) is 5.75 Å². The zero-order chi connectivity index (χ0) is 19.6. The molecular weight excluding hydrogens is 372 g/mol. The Hall–Kier alpha value is -2.36. The Morgan fingerprint density at radius 2 is 1.93 bits per heavy atom. The molecule has 27 heavy (non-hydrogen) atoms. The van der Waals surface area contributed by atoms with Gasteiger partial charge in [0.2, 0.25) is 10.0 Å². The molecule has 2 atom stereocenters. The minimum atomic E-state index is -3.47. The van der Waals surface area contributed by atoms with E-state index in [1.54, 1.807) is 18.2 Å². The van der Waals surface area contributed by atoms with Gasteiger partial charge in [-0.1, -0.05) is 18.2 Å². The van der Waals surface area contributed by atoms with Crippen molar-refractivity contribution < 1.29 is 27.5 Å². The van der Waals surface area contributed by atoms with E-state index >= 15 is 0 Å². The van der Waals surface area contributed by atoms with Gasteiger partial charge >= 0.3 is 0 Å². The van der Waals surface area contributed by atoms with Gasteiger partial charge in [0.15, 0.2) is 5.76 Å². The topological polar surface area (TPSA) is 100 Å². The van der Waals surface area contributed by atoms with E-state index in [-0.39, 0.29) is 30.5 Å². The summed E-state index contributed by atoms with van der Waals surface area (Å²) in [6, 6.07) is 12.1. The van der Waals surface area contributed by atoms with Crippen molar-refractivity contribution in [1.29, 1.82) is 0 Å². The van der Waals surface area contributed by atoms with Gasteiger partial charge in [-0.25, -0.2) is 12.7 Å². The van der Waals surface area contributed by atoms with E-state index in [0.29, 0.717) is 5.75 Å². The average Bonchev–Trinajstić information content (AvgIpc) is 3.22. The van der Waals surface area contributed by atoms with Crippen LogP contribution >= 0.6 is 0 Å². The molecule has 0 saturated carbocycles. The predicted octanol–water partition coefficient (Wildman–Crippen LogP) is 1.40. The molecule has 2 aromatic rings. The number of para-hydroxylation sites is 1. The van der Waals surface area contributed by atoms with Crippen LogP contribution in [0.4, 0.5) is 0 Å². The molecule has 1 aromatic heterocycles. The number of aliphatic hydroxyl groups is 1. The first-order chi connectivity index (χ1) is 12.8. The van der Waals surface area contributed by atoms with Crippen LogP contribution in [-0.2, 0) is 10.0 Å². The van der Waals surface area contributed by atoms with Gasteiger partial charge in [-0.3, -0.25) is 4.79 Å². The third kappa shape index (κ3) is 4.49. The predicted molar refractivity (Wildman–Crippen MR) is 98.1 cm³/mol. The second-order valence-electron chi connectivity index (χ2n) is 6.63. The maximum atomic E-state index is 12.6. The van der Waals surface area contributed by atoms with Gasteiger partial charge in [0.25, 0.3) is 11.9 Å². The standard InChI is InChI=1S/C18H22N2O6S/c1-19(2)27(23,24)12-13-10-20(11-15(13)21)18(22)16-8-9-17(26-16)25-14-6-4-3-5-7-14/h3-9,13,15,21H,10-12H2,1-2H3/t13-,15+/m0/s1. The number of rotatable bonds is 6. The highest BCUT2D eigenvalue weighted by Gasteiger charge is 2.38. The molecule has 3 rings (SSSR count). The number of hydrogen-bond donors (Lipinski definition) is 1. The van der Waals surface area contributed by atoms with Gasteiger partial charge in [-0.05, 0) is 18.2 Å². The molecular formula is C18H22N2O6S. The van der Waals surface area contributed by atoms with Crippen LogP contribution in [0.15, 0.2) is 46.9 Å². The molecule has 0 bridgehead atoms. The molecule has 1 aromatic carbocycles. The highest BCUT2D eigenvalue weighted by Crippen LogP contribution is 2.26. The number of furan rings is 1. The zero-order valence-corrected chi connectivity index (χ0v) is 15.9. The molecule has 8 nitrogen and oxygen atoms in total. The van der Waals surface area contributed by atoms with Gasteiger partial charge in [-0.2, -0.15) is 0 Å². The van der Waals surface area contributed by atoms with Crippen molar-refractivity contribution >= 4 is 15.9 Å². The van der Waals surface area contributed by atoms with Crippen molar-refractivity contribution in [2.24, 2.45) is 5.92 Å². The summed E-state index contributed by atoms with van der Waals surface area (Å²) in [5, 5.41) is 10.2. The molecule has 0 unspecified atom stereocenters. The number of aliphatic hydroxyl groups excluding tert-OH is 1. The molecule has 2 heterocycles. The lowest BCUT2D eigenvalue weighted by atomic mass is 10.1. The molecule has 146 valence electrons. The van der Waals surface area contributed by atoms with Crippen molar-refractivity contribution in [3.63, 3.8) is 0 Å². The van der Waals surface area contributed by atoms with Crippen molar-refractivity contribution in [3.05, 3.63) is 48.2 Å². The van der Waals surface area contributed by atoms with E-state index in [4.69, 9.17) is 9.15 Å². The molecule has 1 amide bonds. The highest BCUT2D eigenvalue weighted by atomic mass is 32.2. The molecule has 1 saturated heterocycles. The quantitative estimate of drug-likeness (QED) is 0.795. The molecule has 1 fully saturated rings. The maximum Gasteiger partial charge on any atom is 0.290 e. The van der Waals surface area contributed by atoms with Crippen LogP contribution in [0.25, 0.3) is 0 Å². The first-order valence-corrected chi connectivity index (χ1v) is 10.1. The number of carbonyl (C=O) groups is 1. The van der Waals surface area contributed by atoms with E-state index < -0.39 is 28.0 Å². The number of hydrogen-bond acceptors (Lipinski definition) is 6. The average molecular weight is 394 g/mol. The van der Waals surface area contributed by atoms with Gasteiger partial charge in [0, 0.05) is 39.2 Å². The fourth-order valence-electron chi connectivity index (χ4n) is 2.85. The second-order valence-corrected chi connectivity index (χ2v) is 8.86. The van der Waals surface area contributed by atoms with Gasteiger partial charge in [-0.15, -0.1) is 0 Å². The Labute approximate surface area is 158 Å². The van der Waals surface area contributed by atoms with E-state index in [9.17, 15) is 18.3 Å². The summed E-state index contributed by atoms with van der Waals surface area (Å²) in [6.45, 7) is 0.199. The number of amides is 1. The van der Waals surface area contributed by atoms with Crippen LogP contribution in [0.5, 0.6) is 11.7 Å². The molecule has 1 aliphatic rings. The number of sulfonamides is 1. The summed E-state index contributed by atoms with van der Waals surface area (Å²) >= 11 is 0. The fourth-order valence-corrected chi connectivity index (χ4v) is 4.02. The maximum absolute atomic E-state index is 12.6. The van der Waals surface area contributed by atoms with Crippen LogP contribution < -0.4 is 4.74 Å². The Kier molecular flexibility index (Phi) is 5.54. The summed E-state index contributed by atoms with van der Waals surface area (Å²) in [4.78, 5) is 14.0. The summed E-state index contributed by atoms with van der Waals surface area (Å²) in [5.74, 6) is -0.347. The third-order valence-electron chi connectivity index (χ3n) is 4.43. The lowest BCUT2D eigenvalue weighted by Crippen LogP contribution is -2.33. The van der Waals surface area contributed by atoms with Crippen molar-refractivity contribution in [2.45, 2.75) is 6.10 Å². The largest absolute Gasteiger partial charge is 0.426 e. The van der Waals surface area contributed by atoms with Crippen molar-refractivity contribution in [1.82, 2.24) is 9.21 Å². The van der Waals surface area contributed by atoms with Crippen LogP contribution in [0.3, 0.4) is 0 Å². The lowest BCUT2D eigenvalue weighted by molar-refractivity contribution is 0.0728. The van der Waals surface area contributed by atoms with Crippen LogP contribution in [0.2, 0.25) is 0 Å². The zero-order valence-electron chi connectivity index (χ0n) is 15.1. The Bertz CT molecular complexity index is 894. The number of ether oxygens (including phenoxy) is 1. The number of β-amino-alcohol motifs (C(OH)–C–C–N with tert-alkyl or cyclic N) is 1. The number of likely N-dealkylation sites (tertiary alicyclic amines) is 1. The molecule has 1 aliphatic heterocycles. The van der Waals surface area contributed by atoms with Gasteiger partial charge in [0.05, 0.1) is 11.9 Å². The Morgan fingerprint density at radius 3 is 2.59 bits per heavy atom. The Morgan fingerprint density at radius 1 is 1.22 bits per heavy atom. The van der Waals surface area contributed by atoms with E-state index in [1.807, 2.05) is 18.2 Å². The monoisotopic (exact) mass is 394 g/mol. The third-order valence-corrected chi connectivity index (χ3v) is 6.39. The van der Waals surface area contributed by atoms with Gasteiger partial charge < -0.3 is 19.2 Å². The number of benzene rings is 1. The molecule has 0 aliphatic carbocycles. The first kappa shape index (κ1) is 19.4. The molecule has 9 heteroatoms. The molecule has 0 spiro atoms. The normalized spacial score (nSPS) is 20.2. The minimum absolute atomic E-state index is 0.0576. The minimum Gasteiger partial charge on any atom is -0.426 e. The second kappa shape index (κ2) is 7.71. The van der Waals surface area contributed by atoms with Crippen molar-refractivity contribution in [2.75, 3.05) is 32.9 Å². The highest BCUT2D eigenvalue weighted by molar-refractivity contribution is 7.89. The number of carbonyl (C=O) groups excluding carboxylic acids is 1. The summed E-state index contributed by atoms with van der Waals surface area (Å²) in [6.07, 6.45) is -0.904. The van der Waals surface area contributed by atoms with E-state index in [1.165, 1.54) is 25.1 Å². The van der Waals surface area contributed by atoms with E-state index in [0.717, 1.165) is 4.31 Å². The van der Waals surface area contributed by atoms with Crippen LogP contribution in [0, 0.1) is 5.92 Å². The van der Waals surface area contributed by atoms with Crippen molar-refractivity contribution in [3.8, 4) is 11.7 Å².